The second-order valence-electron chi connectivity index (χ2n) is 3.30. The Morgan fingerprint density at radius 1 is 1.40 bits per heavy atom. The highest BCUT2D eigenvalue weighted by molar-refractivity contribution is 7.99. The summed E-state index contributed by atoms with van der Waals surface area (Å²) in [4.78, 5) is 21.6. The van der Waals surface area contributed by atoms with Crippen molar-refractivity contribution in [2.75, 3.05) is 12.8 Å². The van der Waals surface area contributed by atoms with Crippen molar-refractivity contribution in [3.05, 3.63) is 0 Å². The van der Waals surface area contributed by atoms with Gasteiger partial charge in [-0.2, -0.15) is 11.8 Å². The van der Waals surface area contributed by atoms with Gasteiger partial charge in [0.2, 0.25) is 0 Å². The largest absolute Gasteiger partial charge is 0.480 e. The van der Waals surface area contributed by atoms with Crippen LogP contribution in [0.25, 0.3) is 0 Å². The lowest BCUT2D eigenvalue weighted by molar-refractivity contribution is -0.138. The van der Waals surface area contributed by atoms with E-state index in [0.29, 0.717) is 11.8 Å². The number of carboxylic acid groups (broad SMARTS) is 1. The average Bonchev–Trinajstić information content (AvgIpc) is 2.17. The van der Waals surface area contributed by atoms with Crippen LogP contribution in [-0.4, -0.2) is 41.2 Å². The third-order valence-electron chi connectivity index (χ3n) is 1.96. The summed E-state index contributed by atoms with van der Waals surface area (Å²) < 4.78 is 0. The Bertz CT molecular complexity index is 223. The van der Waals surface area contributed by atoms with Gasteiger partial charge in [-0.15, -0.1) is 0 Å². The first kappa shape index (κ1) is 14.1. The number of carbonyl (C=O) groups is 2. The van der Waals surface area contributed by atoms with Crippen LogP contribution in [0.1, 0.15) is 20.3 Å². The average molecular weight is 234 g/mol. The van der Waals surface area contributed by atoms with Crippen LogP contribution in [0.15, 0.2) is 0 Å². The molecule has 0 rings (SSSR count). The van der Waals surface area contributed by atoms with Crippen molar-refractivity contribution < 1.29 is 14.7 Å². The highest BCUT2D eigenvalue weighted by atomic mass is 32.2. The van der Waals surface area contributed by atoms with Crippen molar-refractivity contribution in [3.8, 4) is 0 Å². The lowest BCUT2D eigenvalue weighted by Crippen LogP contribution is -2.44. The van der Waals surface area contributed by atoms with E-state index in [1.807, 2.05) is 6.26 Å². The molecule has 1 unspecified atom stereocenters. The van der Waals surface area contributed by atoms with Gasteiger partial charge in [0.1, 0.15) is 6.04 Å². The van der Waals surface area contributed by atoms with Gasteiger partial charge in [-0.1, -0.05) is 6.92 Å². The number of carbonyl (C=O) groups excluding carboxylic acids is 1. The van der Waals surface area contributed by atoms with E-state index in [4.69, 9.17) is 5.11 Å². The maximum atomic E-state index is 11.1. The van der Waals surface area contributed by atoms with Crippen molar-refractivity contribution in [1.82, 2.24) is 10.6 Å². The van der Waals surface area contributed by atoms with Crippen molar-refractivity contribution in [2.45, 2.75) is 31.6 Å². The Balaban J connectivity index is 3.62. The zero-order valence-electron chi connectivity index (χ0n) is 9.24. The third-order valence-corrected chi connectivity index (χ3v) is 3.00. The second kappa shape index (κ2) is 7.39. The predicted octanol–water partition coefficient (Wildman–Crippen LogP) is 0.900. The van der Waals surface area contributed by atoms with E-state index in [2.05, 4.69) is 17.6 Å². The van der Waals surface area contributed by atoms with Crippen LogP contribution in [0.4, 0.5) is 4.79 Å². The molecule has 0 fully saturated rings. The molecule has 6 heteroatoms. The van der Waals surface area contributed by atoms with Gasteiger partial charge in [0.05, 0.1) is 0 Å². The van der Waals surface area contributed by atoms with Gasteiger partial charge in [0.25, 0.3) is 0 Å². The van der Waals surface area contributed by atoms with Crippen molar-refractivity contribution in [3.63, 3.8) is 0 Å². The number of aliphatic carboxylic acids is 1. The molecule has 0 aliphatic carbocycles. The van der Waals surface area contributed by atoms with Gasteiger partial charge in [0.15, 0.2) is 0 Å². The number of carboxylic acids is 1. The van der Waals surface area contributed by atoms with E-state index in [1.54, 1.807) is 11.8 Å². The van der Waals surface area contributed by atoms with Gasteiger partial charge >= 0.3 is 12.0 Å². The Hall–Kier alpha value is -0.910. The van der Waals surface area contributed by atoms with Crippen LogP contribution in [0.5, 0.6) is 0 Å². The molecule has 0 aromatic heterocycles. The summed E-state index contributed by atoms with van der Waals surface area (Å²) in [5.74, 6) is -1.04. The number of hydrogen-bond acceptors (Lipinski definition) is 3. The van der Waals surface area contributed by atoms with Crippen LogP contribution in [0, 0.1) is 0 Å². The van der Waals surface area contributed by atoms with Crippen LogP contribution in [0.3, 0.4) is 0 Å². The number of urea groups is 1. The molecule has 5 nitrogen and oxygen atoms in total. The van der Waals surface area contributed by atoms with Crippen molar-refractivity contribution in [1.29, 1.82) is 0 Å². The molecule has 88 valence electrons. The zero-order chi connectivity index (χ0) is 11.8. The van der Waals surface area contributed by atoms with Gasteiger partial charge in [-0.3, -0.25) is 4.79 Å². The first-order chi connectivity index (χ1) is 6.97. The fourth-order valence-electron chi connectivity index (χ4n) is 0.816. The molecule has 2 amide bonds. The molecule has 0 heterocycles. The molecular formula is C9H18N2O3S. The fraction of sp³-hybridized carbons (Fsp3) is 0.778. The van der Waals surface area contributed by atoms with Gasteiger partial charge in [0, 0.05) is 11.8 Å². The van der Waals surface area contributed by atoms with E-state index < -0.39 is 18.0 Å². The SMILES string of the molecule is CSC(C)CCNC(=O)N[C@H](C)C(=O)O. The topological polar surface area (TPSA) is 78.4 Å². The standard InChI is InChI=1S/C9H18N2O3S/c1-6(15-3)4-5-10-9(14)11-7(2)8(12)13/h6-7H,4-5H2,1-3H3,(H,12,13)(H2,10,11,14)/t6?,7-/m1/s1. The third kappa shape index (κ3) is 7.07. The van der Waals surface area contributed by atoms with Crippen LogP contribution < -0.4 is 10.6 Å². The zero-order valence-corrected chi connectivity index (χ0v) is 10.1. The maximum Gasteiger partial charge on any atom is 0.325 e. The van der Waals surface area contributed by atoms with Gasteiger partial charge in [-0.25, -0.2) is 4.79 Å². The van der Waals surface area contributed by atoms with E-state index >= 15 is 0 Å². The summed E-state index contributed by atoms with van der Waals surface area (Å²) in [5.41, 5.74) is 0. The Labute approximate surface area is 94.0 Å². The van der Waals surface area contributed by atoms with Crippen LogP contribution in [-0.2, 0) is 4.79 Å². The minimum Gasteiger partial charge on any atom is -0.480 e. The quantitative estimate of drug-likeness (QED) is 0.638. The molecular weight excluding hydrogens is 216 g/mol. The predicted molar refractivity (Wildman–Crippen MR) is 61.2 cm³/mol. The van der Waals surface area contributed by atoms with Crippen molar-refractivity contribution in [2.24, 2.45) is 0 Å². The smallest absolute Gasteiger partial charge is 0.325 e. The molecule has 0 saturated carbocycles. The highest BCUT2D eigenvalue weighted by Crippen LogP contribution is 2.07. The lowest BCUT2D eigenvalue weighted by Gasteiger charge is -2.12. The minimum atomic E-state index is -1.04. The van der Waals surface area contributed by atoms with E-state index in [1.165, 1.54) is 6.92 Å². The highest BCUT2D eigenvalue weighted by Gasteiger charge is 2.13. The Kier molecular flexibility index (Phi) is 6.94. The Morgan fingerprint density at radius 2 is 2.00 bits per heavy atom. The number of thioether (sulfide) groups is 1. The number of nitrogens with one attached hydrogen (secondary N) is 2. The number of rotatable bonds is 6. The maximum absolute atomic E-state index is 11.1. The van der Waals surface area contributed by atoms with Crippen LogP contribution in [0.2, 0.25) is 0 Å². The summed E-state index contributed by atoms with van der Waals surface area (Å²) in [7, 11) is 0. The molecule has 0 saturated heterocycles. The molecule has 0 aromatic rings. The molecule has 0 aromatic carbocycles. The molecule has 2 atom stereocenters. The van der Waals surface area contributed by atoms with Crippen LogP contribution >= 0.6 is 11.8 Å². The van der Waals surface area contributed by atoms with Gasteiger partial charge in [-0.05, 0) is 19.6 Å². The minimum absolute atomic E-state index is 0.432. The van der Waals surface area contributed by atoms with E-state index in [-0.39, 0.29) is 0 Å². The summed E-state index contributed by atoms with van der Waals surface area (Å²) in [6.07, 6.45) is 2.88. The molecule has 0 bridgehead atoms. The molecule has 0 spiro atoms. The van der Waals surface area contributed by atoms with E-state index in [0.717, 1.165) is 6.42 Å². The monoisotopic (exact) mass is 234 g/mol. The second-order valence-corrected chi connectivity index (χ2v) is 4.57. The fourth-order valence-corrected chi connectivity index (χ4v) is 1.17. The molecule has 15 heavy (non-hydrogen) atoms. The molecule has 0 radical (unpaired) electrons. The number of amides is 2. The van der Waals surface area contributed by atoms with Gasteiger partial charge < -0.3 is 15.7 Å². The normalized spacial score (nSPS) is 14.1. The molecule has 3 N–H and O–H groups in total. The summed E-state index contributed by atoms with van der Waals surface area (Å²) in [5, 5.41) is 13.9. The van der Waals surface area contributed by atoms with E-state index in [9.17, 15) is 9.59 Å². The summed E-state index contributed by atoms with van der Waals surface area (Å²) in [6, 6.07) is -1.29. The summed E-state index contributed by atoms with van der Waals surface area (Å²) in [6.45, 7) is 4.05. The first-order valence-electron chi connectivity index (χ1n) is 4.77. The lowest BCUT2D eigenvalue weighted by atomic mass is 10.3. The number of hydrogen-bond donors (Lipinski definition) is 3. The Morgan fingerprint density at radius 3 is 2.47 bits per heavy atom. The molecule has 0 aliphatic heterocycles. The summed E-state index contributed by atoms with van der Waals surface area (Å²) >= 11 is 1.73. The first-order valence-corrected chi connectivity index (χ1v) is 6.06. The molecule has 0 aliphatic rings. The van der Waals surface area contributed by atoms with Crippen molar-refractivity contribution >= 4 is 23.8 Å².